The van der Waals surface area contributed by atoms with E-state index in [1.165, 1.54) is 55.6 Å². The van der Waals surface area contributed by atoms with Gasteiger partial charge in [-0.1, -0.05) is 73.5 Å². The van der Waals surface area contributed by atoms with E-state index in [4.69, 9.17) is 19.8 Å². The summed E-state index contributed by atoms with van der Waals surface area (Å²) >= 11 is 0. The fourth-order valence-electron chi connectivity index (χ4n) is 5.45. The summed E-state index contributed by atoms with van der Waals surface area (Å²) in [7, 11) is 0. The number of unbranched alkanes of at least 4 members (excludes halogenated alkanes) is 1. The number of carboxylic acids is 1. The molecule has 0 aliphatic heterocycles. The molecule has 0 radical (unpaired) electrons. The third-order valence-electron chi connectivity index (χ3n) is 7.91. The number of hydrogen-bond acceptors (Lipinski definition) is 5. The van der Waals surface area contributed by atoms with Gasteiger partial charge in [0.15, 0.2) is 5.75 Å². The molecule has 1 N–H and O–H groups in total. The molecule has 0 spiro atoms. The third-order valence-corrected chi connectivity index (χ3v) is 7.91. The molecule has 4 rings (SSSR count). The fraction of sp³-hybridized carbons (Fsp3) is 0.378. The van der Waals surface area contributed by atoms with Crippen molar-refractivity contribution in [2.45, 2.75) is 86.7 Å². The van der Waals surface area contributed by atoms with Crippen molar-refractivity contribution in [3.63, 3.8) is 0 Å². The molecule has 1 heterocycles. The SMILES string of the molecule is Cc1cc(C)cc(CN(Cc2cc(C)c(C)cc2-c2cc(C(C)C)ccc2C)c2ncc(OCCCCC(=O)O)cn2)c1. The van der Waals surface area contributed by atoms with E-state index >= 15 is 0 Å². The molecule has 0 atom stereocenters. The van der Waals surface area contributed by atoms with Gasteiger partial charge in [0.2, 0.25) is 5.95 Å². The number of carboxylic acid groups (broad SMARTS) is 1. The van der Waals surface area contributed by atoms with E-state index in [0.717, 1.165) is 0 Å². The molecule has 0 amide bonds. The van der Waals surface area contributed by atoms with Gasteiger partial charge in [0.05, 0.1) is 19.0 Å². The van der Waals surface area contributed by atoms with Crippen molar-refractivity contribution in [2.24, 2.45) is 0 Å². The van der Waals surface area contributed by atoms with Crippen molar-refractivity contribution >= 4 is 11.9 Å². The standard InChI is InChI=1S/C37H45N3O3/c1-24(2)31-12-11-27(5)34(19-31)35-18-29(7)28(6)17-32(35)23-40(22-30-15-25(3)14-26(4)16-30)37-38-20-33(21-39-37)43-13-9-8-10-36(41)42/h11-12,14-21,24H,8-10,13,22-23H2,1-7H3,(H,41,42). The van der Waals surface area contributed by atoms with Crippen molar-refractivity contribution in [3.05, 3.63) is 105 Å². The molecule has 1 aromatic heterocycles. The highest BCUT2D eigenvalue weighted by Gasteiger charge is 2.18. The molecule has 3 aromatic carbocycles. The summed E-state index contributed by atoms with van der Waals surface area (Å²) in [4.78, 5) is 22.5. The zero-order valence-electron chi connectivity index (χ0n) is 26.7. The van der Waals surface area contributed by atoms with E-state index in [1.54, 1.807) is 12.4 Å². The fourth-order valence-corrected chi connectivity index (χ4v) is 5.45. The molecule has 0 fully saturated rings. The highest BCUT2D eigenvalue weighted by molar-refractivity contribution is 5.73. The lowest BCUT2D eigenvalue weighted by Crippen LogP contribution is -2.25. The van der Waals surface area contributed by atoms with Crippen molar-refractivity contribution in [1.29, 1.82) is 0 Å². The van der Waals surface area contributed by atoms with Crippen LogP contribution in [0.4, 0.5) is 5.95 Å². The van der Waals surface area contributed by atoms with Crippen LogP contribution < -0.4 is 9.64 Å². The maximum atomic E-state index is 10.8. The van der Waals surface area contributed by atoms with Gasteiger partial charge in [-0.15, -0.1) is 0 Å². The molecular weight excluding hydrogens is 534 g/mol. The van der Waals surface area contributed by atoms with Crippen molar-refractivity contribution in [2.75, 3.05) is 11.5 Å². The van der Waals surface area contributed by atoms with Crippen molar-refractivity contribution in [1.82, 2.24) is 9.97 Å². The Bertz CT molecular complexity index is 1540. The van der Waals surface area contributed by atoms with Gasteiger partial charge in [-0.3, -0.25) is 4.79 Å². The molecule has 0 aliphatic carbocycles. The Labute approximate surface area is 256 Å². The number of hydrogen-bond donors (Lipinski definition) is 1. The number of benzene rings is 3. The second-order valence-electron chi connectivity index (χ2n) is 12.1. The van der Waals surface area contributed by atoms with Gasteiger partial charge < -0.3 is 14.7 Å². The predicted octanol–water partition coefficient (Wildman–Crippen LogP) is 8.65. The topological polar surface area (TPSA) is 75.6 Å². The molecule has 6 nitrogen and oxygen atoms in total. The number of carbonyl (C=O) groups is 1. The summed E-state index contributed by atoms with van der Waals surface area (Å²) in [5, 5.41) is 8.85. The lowest BCUT2D eigenvalue weighted by atomic mass is 9.89. The van der Waals surface area contributed by atoms with Gasteiger partial charge in [0, 0.05) is 19.5 Å². The van der Waals surface area contributed by atoms with Crippen LogP contribution >= 0.6 is 0 Å². The minimum atomic E-state index is -0.786. The molecule has 226 valence electrons. The number of aromatic nitrogens is 2. The van der Waals surface area contributed by atoms with E-state index in [-0.39, 0.29) is 6.42 Å². The summed E-state index contributed by atoms with van der Waals surface area (Å²) in [5.41, 5.74) is 12.5. The lowest BCUT2D eigenvalue weighted by molar-refractivity contribution is -0.137. The Morgan fingerprint density at radius 2 is 1.49 bits per heavy atom. The van der Waals surface area contributed by atoms with Gasteiger partial charge in [0.1, 0.15) is 0 Å². The molecule has 0 bridgehead atoms. The smallest absolute Gasteiger partial charge is 0.303 e. The normalized spacial score (nSPS) is 11.2. The molecule has 0 unspecified atom stereocenters. The van der Waals surface area contributed by atoms with Crippen LogP contribution in [0.15, 0.2) is 60.9 Å². The maximum absolute atomic E-state index is 10.8. The lowest BCUT2D eigenvalue weighted by Gasteiger charge is -2.26. The summed E-state index contributed by atoms with van der Waals surface area (Å²) in [6.45, 7) is 17.0. The summed E-state index contributed by atoms with van der Waals surface area (Å²) in [6.07, 6.45) is 4.82. The first-order valence-corrected chi connectivity index (χ1v) is 15.2. The highest BCUT2D eigenvalue weighted by Crippen LogP contribution is 2.33. The van der Waals surface area contributed by atoms with Crippen LogP contribution in [0.3, 0.4) is 0 Å². The number of anilines is 1. The Morgan fingerprint density at radius 3 is 2.14 bits per heavy atom. The summed E-state index contributed by atoms with van der Waals surface area (Å²) < 4.78 is 5.80. The van der Waals surface area contributed by atoms with E-state index in [0.29, 0.717) is 50.2 Å². The molecule has 43 heavy (non-hydrogen) atoms. The average molecular weight is 580 g/mol. The first-order valence-electron chi connectivity index (χ1n) is 15.2. The zero-order chi connectivity index (χ0) is 31.1. The van der Waals surface area contributed by atoms with E-state index in [1.807, 2.05) is 0 Å². The minimum Gasteiger partial charge on any atom is -0.490 e. The first kappa shape index (κ1) is 31.7. The van der Waals surface area contributed by atoms with Gasteiger partial charge in [-0.25, -0.2) is 9.97 Å². The van der Waals surface area contributed by atoms with E-state index in [2.05, 4.69) is 102 Å². The van der Waals surface area contributed by atoms with E-state index < -0.39 is 5.97 Å². The van der Waals surface area contributed by atoms with Crippen LogP contribution in [-0.2, 0) is 17.9 Å². The molecule has 0 aliphatic rings. The van der Waals surface area contributed by atoms with Crippen LogP contribution in [0.5, 0.6) is 5.75 Å². The van der Waals surface area contributed by atoms with Gasteiger partial charge in [0.25, 0.3) is 0 Å². The number of aryl methyl sites for hydroxylation is 5. The Balaban J connectivity index is 1.69. The monoisotopic (exact) mass is 579 g/mol. The van der Waals surface area contributed by atoms with Gasteiger partial charge in [-0.2, -0.15) is 0 Å². The zero-order valence-corrected chi connectivity index (χ0v) is 26.7. The molecule has 6 heteroatoms. The van der Waals surface area contributed by atoms with Crippen molar-refractivity contribution < 1.29 is 14.6 Å². The average Bonchev–Trinajstić information content (AvgIpc) is 2.94. The second-order valence-corrected chi connectivity index (χ2v) is 12.1. The molecule has 4 aromatic rings. The van der Waals surface area contributed by atoms with Crippen LogP contribution in [0.2, 0.25) is 0 Å². The minimum absolute atomic E-state index is 0.147. The number of ether oxygens (including phenoxy) is 1. The maximum Gasteiger partial charge on any atom is 0.303 e. The summed E-state index contributed by atoms with van der Waals surface area (Å²) in [6, 6.07) is 18.1. The predicted molar refractivity (Wildman–Crippen MR) is 175 cm³/mol. The van der Waals surface area contributed by atoms with Crippen LogP contribution in [-0.4, -0.2) is 27.7 Å². The number of aliphatic carboxylic acids is 1. The second kappa shape index (κ2) is 14.3. The Kier molecular flexibility index (Phi) is 10.6. The van der Waals surface area contributed by atoms with Crippen LogP contribution in [0.1, 0.15) is 83.5 Å². The van der Waals surface area contributed by atoms with Gasteiger partial charge in [-0.05, 0) is 97.9 Å². The van der Waals surface area contributed by atoms with Gasteiger partial charge >= 0.3 is 5.97 Å². The molecule has 0 saturated carbocycles. The number of nitrogens with zero attached hydrogens (tertiary/aromatic N) is 3. The Hall–Kier alpha value is -4.19. The van der Waals surface area contributed by atoms with Crippen molar-refractivity contribution in [3.8, 4) is 16.9 Å². The molecule has 0 saturated heterocycles. The Morgan fingerprint density at radius 1 is 0.814 bits per heavy atom. The van der Waals surface area contributed by atoms with Crippen LogP contribution in [0, 0.1) is 34.6 Å². The van der Waals surface area contributed by atoms with E-state index in [9.17, 15) is 4.79 Å². The molecular formula is C37H45N3O3. The largest absolute Gasteiger partial charge is 0.490 e. The number of rotatable bonds is 13. The van der Waals surface area contributed by atoms with Crippen LogP contribution in [0.25, 0.3) is 11.1 Å². The third kappa shape index (κ3) is 8.66. The highest BCUT2D eigenvalue weighted by atomic mass is 16.5. The first-order chi connectivity index (χ1) is 20.5. The quantitative estimate of drug-likeness (QED) is 0.160. The summed E-state index contributed by atoms with van der Waals surface area (Å²) in [5.74, 6) is 0.876.